The maximum Gasteiger partial charge on any atom is 0.320 e. The highest BCUT2D eigenvalue weighted by Crippen LogP contribution is 2.44. The van der Waals surface area contributed by atoms with Gasteiger partial charge in [-0.25, -0.2) is 0 Å². The van der Waals surface area contributed by atoms with E-state index in [-0.39, 0.29) is 17.6 Å². The first kappa shape index (κ1) is 22.0. The number of aliphatic carboxylic acids is 1. The third kappa shape index (κ3) is 5.07. The predicted molar refractivity (Wildman–Crippen MR) is 119 cm³/mol. The molecule has 4 atom stereocenters. The monoisotopic (exact) mass is 423 g/mol. The Labute approximate surface area is 176 Å². The minimum atomic E-state index is -1.21. The molecule has 1 aliphatic heterocycles. The number of carbonyl (C=O) groups is 1. The maximum atomic E-state index is 12.1. The fraction of sp³-hybridized carbons (Fsp3) is 0.773. The molecule has 6 heteroatoms. The van der Waals surface area contributed by atoms with Crippen molar-refractivity contribution in [3.8, 4) is 0 Å². The lowest BCUT2D eigenvalue weighted by molar-refractivity contribution is -0.144. The summed E-state index contributed by atoms with van der Waals surface area (Å²) in [7, 11) is -1.21. The molecule has 1 aromatic heterocycles. The number of carboxylic acids is 1. The van der Waals surface area contributed by atoms with E-state index >= 15 is 0 Å². The van der Waals surface area contributed by atoms with E-state index < -0.39 is 15.0 Å². The average molecular weight is 424 g/mol. The molecule has 2 fully saturated rings. The minimum absolute atomic E-state index is 0.0406. The first-order valence-electron chi connectivity index (χ1n) is 10.8. The normalized spacial score (nSPS) is 26.4. The summed E-state index contributed by atoms with van der Waals surface area (Å²) >= 11 is 1.73. The summed E-state index contributed by atoms with van der Waals surface area (Å²) in [6.45, 7) is 12.9. The zero-order valence-electron chi connectivity index (χ0n) is 18.1. The molecule has 2 aliphatic rings. The van der Waals surface area contributed by atoms with Gasteiger partial charge in [-0.05, 0) is 53.2 Å². The lowest BCUT2D eigenvalue weighted by atomic mass is 9.75. The van der Waals surface area contributed by atoms with E-state index in [1.54, 1.807) is 11.3 Å². The van der Waals surface area contributed by atoms with E-state index in [4.69, 9.17) is 4.43 Å². The molecule has 3 unspecified atom stereocenters. The Kier molecular flexibility index (Phi) is 7.06. The third-order valence-corrected chi connectivity index (χ3v) is 8.07. The quantitative estimate of drug-likeness (QED) is 0.609. The van der Waals surface area contributed by atoms with E-state index in [0.29, 0.717) is 17.8 Å². The summed E-state index contributed by atoms with van der Waals surface area (Å²) in [5, 5.41) is 14.4. The highest BCUT2D eigenvalue weighted by atomic mass is 32.1. The van der Waals surface area contributed by atoms with Crippen LogP contribution in [0.5, 0.6) is 0 Å². The second kappa shape index (κ2) is 8.98. The molecule has 0 bridgehead atoms. The van der Waals surface area contributed by atoms with Crippen LogP contribution in [0.2, 0.25) is 13.1 Å². The van der Waals surface area contributed by atoms with Crippen molar-refractivity contribution in [2.45, 2.75) is 77.6 Å². The van der Waals surface area contributed by atoms with Crippen LogP contribution in [-0.2, 0) is 9.22 Å². The third-order valence-electron chi connectivity index (χ3n) is 6.53. The summed E-state index contributed by atoms with van der Waals surface area (Å²) in [4.78, 5) is 14.4. The highest BCUT2D eigenvalue weighted by molar-refractivity contribution is 7.08. The van der Waals surface area contributed by atoms with Crippen LogP contribution in [0.25, 0.3) is 0 Å². The van der Waals surface area contributed by atoms with Crippen molar-refractivity contribution in [3.63, 3.8) is 0 Å². The van der Waals surface area contributed by atoms with Crippen molar-refractivity contribution in [2.75, 3.05) is 13.1 Å². The Bertz CT molecular complexity index is 639. The fourth-order valence-electron chi connectivity index (χ4n) is 4.95. The molecule has 28 heavy (non-hydrogen) atoms. The minimum Gasteiger partial charge on any atom is -0.480 e. The molecule has 1 saturated carbocycles. The van der Waals surface area contributed by atoms with Crippen LogP contribution in [0, 0.1) is 17.3 Å². The smallest absolute Gasteiger partial charge is 0.320 e. The van der Waals surface area contributed by atoms with Gasteiger partial charge in [0.05, 0.1) is 6.10 Å². The van der Waals surface area contributed by atoms with Crippen molar-refractivity contribution in [2.24, 2.45) is 17.3 Å². The van der Waals surface area contributed by atoms with Crippen molar-refractivity contribution in [1.82, 2.24) is 4.90 Å². The summed E-state index contributed by atoms with van der Waals surface area (Å²) in [6.07, 6.45) is 4.62. The van der Waals surface area contributed by atoms with Crippen LogP contribution in [-0.4, -0.2) is 50.3 Å². The van der Waals surface area contributed by atoms with Crippen molar-refractivity contribution in [1.29, 1.82) is 0 Å². The van der Waals surface area contributed by atoms with E-state index in [2.05, 4.69) is 55.6 Å². The lowest BCUT2D eigenvalue weighted by Crippen LogP contribution is -2.45. The second-order valence-electron chi connectivity index (χ2n) is 10.1. The number of carboxylic acid groups (broad SMARTS) is 1. The largest absolute Gasteiger partial charge is 0.480 e. The Morgan fingerprint density at radius 3 is 2.54 bits per heavy atom. The molecule has 0 amide bonds. The van der Waals surface area contributed by atoms with Gasteiger partial charge in [0, 0.05) is 24.9 Å². The molecule has 0 spiro atoms. The van der Waals surface area contributed by atoms with Gasteiger partial charge in [0.25, 0.3) is 0 Å². The molecule has 158 valence electrons. The predicted octanol–water partition coefficient (Wildman–Crippen LogP) is 4.82. The number of thiophene rings is 1. The molecule has 1 aromatic rings. The molecule has 3 rings (SSSR count). The Morgan fingerprint density at radius 2 is 2.07 bits per heavy atom. The van der Waals surface area contributed by atoms with Gasteiger partial charge < -0.3 is 9.53 Å². The fourth-order valence-corrected chi connectivity index (χ4v) is 6.87. The van der Waals surface area contributed by atoms with Gasteiger partial charge in [0.15, 0.2) is 9.04 Å². The van der Waals surface area contributed by atoms with Gasteiger partial charge in [-0.1, -0.05) is 40.0 Å². The molecule has 4 nitrogen and oxygen atoms in total. The summed E-state index contributed by atoms with van der Waals surface area (Å²) in [6, 6.07) is 1.87. The van der Waals surface area contributed by atoms with Gasteiger partial charge in [-0.15, -0.1) is 0 Å². The van der Waals surface area contributed by atoms with Crippen LogP contribution in [0.1, 0.15) is 57.9 Å². The van der Waals surface area contributed by atoms with E-state index in [0.717, 1.165) is 19.5 Å². The molecular weight excluding hydrogens is 386 g/mol. The lowest BCUT2D eigenvalue weighted by Gasteiger charge is -2.39. The SMILES string of the molecule is C[SiH](C)O[C@H](C1CN(C(CC2CCC2)C(=O)O)CC1c1ccsc1)C(C)(C)C. The number of rotatable bonds is 8. The first-order chi connectivity index (χ1) is 13.2. The van der Waals surface area contributed by atoms with Crippen molar-refractivity contribution >= 4 is 26.3 Å². The Balaban J connectivity index is 1.86. The number of hydrogen-bond acceptors (Lipinski definition) is 4. The standard InChI is InChI=1S/C22H37NO3SSi/c1-22(2,3)20(26-28(4)5)18-13-23(12-17(18)16-9-10-27-14-16)19(21(24)25)11-15-7-6-8-15/h9-10,14-15,17-20,28H,6-8,11-13H2,1-5H3,(H,24,25)/t17?,18?,19?,20-/m1/s1. The van der Waals surface area contributed by atoms with Gasteiger partial charge in [0.1, 0.15) is 6.04 Å². The molecule has 2 heterocycles. The summed E-state index contributed by atoms with van der Waals surface area (Å²) in [5.74, 6) is 0.639. The van der Waals surface area contributed by atoms with E-state index in [9.17, 15) is 9.90 Å². The molecule has 0 radical (unpaired) electrons. The zero-order chi connectivity index (χ0) is 20.5. The second-order valence-corrected chi connectivity index (χ2v) is 13.3. The van der Waals surface area contributed by atoms with Crippen molar-refractivity contribution < 1.29 is 14.3 Å². The highest BCUT2D eigenvalue weighted by Gasteiger charge is 2.47. The molecular formula is C22H37NO3SSi. The van der Waals surface area contributed by atoms with Crippen LogP contribution < -0.4 is 0 Å². The van der Waals surface area contributed by atoms with E-state index in [1.165, 1.54) is 24.8 Å². The molecule has 1 N–H and O–H groups in total. The Morgan fingerprint density at radius 1 is 1.36 bits per heavy atom. The van der Waals surface area contributed by atoms with Crippen molar-refractivity contribution in [3.05, 3.63) is 22.4 Å². The van der Waals surface area contributed by atoms with Gasteiger partial charge in [-0.2, -0.15) is 11.3 Å². The average Bonchev–Trinajstić information content (AvgIpc) is 3.19. The number of hydrogen-bond donors (Lipinski definition) is 1. The summed E-state index contributed by atoms with van der Waals surface area (Å²) < 4.78 is 6.60. The molecule has 1 saturated heterocycles. The van der Waals surface area contributed by atoms with Gasteiger partial charge >= 0.3 is 5.97 Å². The van der Waals surface area contributed by atoms with Crippen LogP contribution in [0.3, 0.4) is 0 Å². The van der Waals surface area contributed by atoms with Gasteiger partial charge in [-0.3, -0.25) is 9.69 Å². The van der Waals surface area contributed by atoms with Crippen LogP contribution in [0.4, 0.5) is 0 Å². The number of likely N-dealkylation sites (tertiary alicyclic amines) is 1. The Hall–Kier alpha value is -0.693. The molecule has 0 aromatic carbocycles. The molecule has 1 aliphatic carbocycles. The first-order valence-corrected chi connectivity index (χ1v) is 14.5. The van der Waals surface area contributed by atoms with E-state index in [1.807, 2.05) is 0 Å². The van der Waals surface area contributed by atoms with Crippen LogP contribution in [0.15, 0.2) is 16.8 Å². The summed E-state index contributed by atoms with van der Waals surface area (Å²) in [5.41, 5.74) is 1.40. The zero-order valence-corrected chi connectivity index (χ0v) is 20.0. The topological polar surface area (TPSA) is 49.8 Å². The van der Waals surface area contributed by atoms with Gasteiger partial charge in [0.2, 0.25) is 0 Å². The number of nitrogens with zero attached hydrogens (tertiary/aromatic N) is 1. The maximum absolute atomic E-state index is 12.1. The van der Waals surface area contributed by atoms with Crippen LogP contribution >= 0.6 is 11.3 Å².